The van der Waals surface area contributed by atoms with Crippen molar-refractivity contribution in [1.29, 1.82) is 0 Å². The molecule has 0 aliphatic heterocycles. The van der Waals surface area contributed by atoms with E-state index in [4.69, 9.17) is 17.5 Å². The standard InChI is InChI=1S/Bi.H2O4S/c;1-5(2,3)4/h;(H2,1,2,3,4)/q+3;/p-1. The van der Waals surface area contributed by atoms with E-state index in [9.17, 15) is 0 Å². The van der Waals surface area contributed by atoms with Crippen LogP contribution in [0.4, 0.5) is 0 Å². The molecule has 0 rings (SSSR count). The van der Waals surface area contributed by atoms with Gasteiger partial charge in [-0.1, -0.05) is 0 Å². The fraction of sp³-hybridized carbons (Fsp3) is 0. The van der Waals surface area contributed by atoms with Crippen LogP contribution in [-0.4, -0.2) is 43.7 Å². The minimum Gasteiger partial charge on any atom is -0.759 e. The molecule has 0 aromatic heterocycles. The van der Waals surface area contributed by atoms with Crippen LogP contribution in [0.5, 0.6) is 0 Å². The maximum absolute atomic E-state index is 8.52. The van der Waals surface area contributed by atoms with Crippen molar-refractivity contribution in [2.24, 2.45) is 0 Å². The third-order valence-corrected chi connectivity index (χ3v) is 0. The first-order chi connectivity index (χ1) is 2.00. The summed E-state index contributed by atoms with van der Waals surface area (Å²) in [7, 11) is -5.17. The van der Waals surface area contributed by atoms with Gasteiger partial charge in [0.25, 0.3) is 0 Å². The van der Waals surface area contributed by atoms with Crippen molar-refractivity contribution in [3.8, 4) is 0 Å². The molecular weight excluding hydrogens is 305 g/mol. The molecule has 2 radical (unpaired) electrons. The molecule has 0 heterocycles. The van der Waals surface area contributed by atoms with E-state index in [-0.39, 0.29) is 27.6 Å². The van der Waals surface area contributed by atoms with Gasteiger partial charge in [-0.3, -0.25) is 8.42 Å². The SMILES string of the molecule is O=S(=O)([O-])[O-].[Bi+3].[H+]. The number of rotatable bonds is 0. The molecule has 0 unspecified atom stereocenters. The average Bonchev–Trinajstić information content (AvgIpc) is 0.722. The summed E-state index contributed by atoms with van der Waals surface area (Å²) in [6.07, 6.45) is 0. The Morgan fingerprint density at radius 1 is 1.33 bits per heavy atom. The van der Waals surface area contributed by atoms with Crippen molar-refractivity contribution in [2.75, 3.05) is 0 Å². The molecule has 0 fully saturated rings. The van der Waals surface area contributed by atoms with E-state index in [1.54, 1.807) is 0 Å². The van der Waals surface area contributed by atoms with Crippen LogP contribution in [0.3, 0.4) is 0 Å². The molecule has 0 N–H and O–H groups in total. The van der Waals surface area contributed by atoms with Gasteiger partial charge in [0.05, 0.1) is 0 Å². The fourth-order valence-corrected chi connectivity index (χ4v) is 0. The van der Waals surface area contributed by atoms with Crippen molar-refractivity contribution in [1.82, 2.24) is 0 Å². The van der Waals surface area contributed by atoms with Gasteiger partial charge in [-0.05, 0) is 0 Å². The molecule has 0 saturated carbocycles. The van der Waals surface area contributed by atoms with Gasteiger partial charge in [-0.2, -0.15) is 0 Å². The van der Waals surface area contributed by atoms with Gasteiger partial charge in [0.15, 0.2) is 0 Å². The third kappa shape index (κ3) is 118. The molecule has 0 amide bonds. The van der Waals surface area contributed by atoms with Crippen LogP contribution in [0, 0.1) is 0 Å². The molecule has 0 aliphatic carbocycles. The van der Waals surface area contributed by atoms with Crippen molar-refractivity contribution in [3.63, 3.8) is 0 Å². The second-order valence-electron chi connectivity index (χ2n) is 0.408. The predicted molar refractivity (Wildman–Crippen MR) is 17.3 cm³/mol. The van der Waals surface area contributed by atoms with E-state index >= 15 is 0 Å². The molecule has 0 spiro atoms. The van der Waals surface area contributed by atoms with E-state index in [1.807, 2.05) is 0 Å². The summed E-state index contributed by atoms with van der Waals surface area (Å²) in [5.74, 6) is 0. The van der Waals surface area contributed by atoms with E-state index < -0.39 is 10.4 Å². The van der Waals surface area contributed by atoms with Gasteiger partial charge < -0.3 is 9.11 Å². The molecule has 0 saturated heterocycles. The molecule has 0 bridgehead atoms. The van der Waals surface area contributed by atoms with E-state index in [1.165, 1.54) is 0 Å². The summed E-state index contributed by atoms with van der Waals surface area (Å²) in [6, 6.07) is 0. The largest absolute Gasteiger partial charge is 3.00 e. The van der Waals surface area contributed by atoms with E-state index in [2.05, 4.69) is 0 Å². The van der Waals surface area contributed by atoms with Crippen molar-refractivity contribution < 1.29 is 18.9 Å². The zero-order chi connectivity index (χ0) is 4.50. The third-order valence-electron chi connectivity index (χ3n) is 0. The Morgan fingerprint density at radius 2 is 1.33 bits per heavy atom. The van der Waals surface area contributed by atoms with Crippen molar-refractivity contribution in [3.05, 3.63) is 0 Å². The molecule has 4 nitrogen and oxygen atoms in total. The molecule has 0 aliphatic rings. The monoisotopic (exact) mass is 306 g/mol. The van der Waals surface area contributed by atoms with Gasteiger partial charge in [0.2, 0.25) is 0 Å². The van der Waals surface area contributed by atoms with Gasteiger partial charge in [0.1, 0.15) is 0 Å². The first-order valence-electron chi connectivity index (χ1n) is 0.667. The molecule has 6 heavy (non-hydrogen) atoms. The second-order valence-corrected chi connectivity index (χ2v) is 1.22. The van der Waals surface area contributed by atoms with Gasteiger partial charge in [0, 0.05) is 10.4 Å². The van der Waals surface area contributed by atoms with Gasteiger partial charge in [-0.15, -0.1) is 0 Å². The summed E-state index contributed by atoms with van der Waals surface area (Å²) >= 11 is 0. The smallest absolute Gasteiger partial charge is 0.759 e. The maximum Gasteiger partial charge on any atom is 3.00 e. The van der Waals surface area contributed by atoms with Crippen molar-refractivity contribution >= 4 is 36.6 Å². The molecule has 6 heteroatoms. The Balaban J connectivity index is -0.0000000800. The minimum atomic E-state index is -5.17. The van der Waals surface area contributed by atoms with Crippen LogP contribution < -0.4 is 0 Å². The number of hydrogen-bond acceptors (Lipinski definition) is 4. The molecule has 0 aromatic carbocycles. The Kier molecular flexibility index (Phi) is 4.70. The molecule has 0 aromatic rings. The maximum atomic E-state index is 8.52. The second kappa shape index (κ2) is 2.85. The summed E-state index contributed by atoms with van der Waals surface area (Å²) in [5.41, 5.74) is 0. The predicted octanol–water partition coefficient (Wildman–Crippen LogP) is -1.61. The minimum absolute atomic E-state index is 0. The van der Waals surface area contributed by atoms with E-state index in [0.717, 1.165) is 0 Å². The summed E-state index contributed by atoms with van der Waals surface area (Å²) < 4.78 is 34.1. The van der Waals surface area contributed by atoms with Crippen LogP contribution >= 0.6 is 0 Å². The Hall–Kier alpha value is 0.753. The topological polar surface area (TPSA) is 80.3 Å². The zero-order valence-electron chi connectivity index (χ0n) is 3.49. The molecular formula is HBiO4S+2. The summed E-state index contributed by atoms with van der Waals surface area (Å²) in [6.45, 7) is 0. The molecule has 0 atom stereocenters. The van der Waals surface area contributed by atoms with Crippen LogP contribution in [0.15, 0.2) is 0 Å². The number of hydrogen-bond donors (Lipinski definition) is 0. The first kappa shape index (κ1) is 9.89. The molecule has 34 valence electrons. The van der Waals surface area contributed by atoms with E-state index in [0.29, 0.717) is 0 Å². The zero-order valence-corrected chi connectivity index (χ0v) is 6.78. The normalized spacial score (nSPS) is 9.67. The van der Waals surface area contributed by atoms with Crippen LogP contribution in [0.25, 0.3) is 0 Å². The van der Waals surface area contributed by atoms with Gasteiger partial charge in [-0.25, -0.2) is 0 Å². The first-order valence-corrected chi connectivity index (χ1v) is 2.00. The fourth-order valence-electron chi connectivity index (χ4n) is 0. The Labute approximate surface area is 55.7 Å². The summed E-state index contributed by atoms with van der Waals surface area (Å²) in [4.78, 5) is 0. The quantitative estimate of drug-likeness (QED) is 0.306. The van der Waals surface area contributed by atoms with Crippen molar-refractivity contribution in [2.45, 2.75) is 0 Å². The summed E-state index contributed by atoms with van der Waals surface area (Å²) in [5, 5.41) is 0. The van der Waals surface area contributed by atoms with Gasteiger partial charge >= 0.3 is 27.6 Å². The Morgan fingerprint density at radius 3 is 1.33 bits per heavy atom. The Bertz CT molecular complexity index is 94.9. The van der Waals surface area contributed by atoms with Crippen LogP contribution in [0.2, 0.25) is 0 Å². The average molecular weight is 306 g/mol. The van der Waals surface area contributed by atoms with Crippen LogP contribution in [-0.2, 0) is 10.4 Å². The van der Waals surface area contributed by atoms with Crippen LogP contribution in [0.1, 0.15) is 1.43 Å².